The third-order valence-electron chi connectivity index (χ3n) is 5.96. The van der Waals surface area contributed by atoms with E-state index in [0.29, 0.717) is 23.0 Å². The molecule has 9 nitrogen and oxygen atoms in total. The van der Waals surface area contributed by atoms with Gasteiger partial charge in [0.2, 0.25) is 11.8 Å². The molecule has 1 aliphatic heterocycles. The number of aromatic amines is 1. The van der Waals surface area contributed by atoms with Crippen LogP contribution in [0.1, 0.15) is 52.5 Å². The quantitative estimate of drug-likeness (QED) is 0.340. The second-order valence-electron chi connectivity index (χ2n) is 8.63. The zero-order valence-corrected chi connectivity index (χ0v) is 22.5. The van der Waals surface area contributed by atoms with Crippen molar-refractivity contribution < 1.29 is 19.4 Å². The highest BCUT2D eigenvalue weighted by atomic mass is 35.5. The number of anilines is 1. The van der Waals surface area contributed by atoms with Crippen molar-refractivity contribution in [1.82, 2.24) is 4.98 Å². The summed E-state index contributed by atoms with van der Waals surface area (Å²) in [6, 6.07) is 15.9. The fraction of sp³-hybridized carbons (Fsp3) is 0.241. The Balaban J connectivity index is 0.000000353. The van der Waals surface area contributed by atoms with Crippen LogP contribution < -0.4 is 27.3 Å². The van der Waals surface area contributed by atoms with Crippen LogP contribution in [0.2, 0.25) is 5.02 Å². The number of fused-ring (bicyclic) bond motifs is 1. The van der Waals surface area contributed by atoms with Crippen LogP contribution in [-0.4, -0.2) is 35.6 Å². The molecule has 10 heteroatoms. The Hall–Kier alpha value is -4.21. The summed E-state index contributed by atoms with van der Waals surface area (Å²) in [7, 11) is 1.52. The molecule has 1 aromatic heterocycles. The van der Waals surface area contributed by atoms with Gasteiger partial charge in [0.05, 0.1) is 17.8 Å². The summed E-state index contributed by atoms with van der Waals surface area (Å²) in [5, 5.41) is 11.9. The van der Waals surface area contributed by atoms with Crippen molar-refractivity contribution in [2.45, 2.75) is 32.6 Å². The van der Waals surface area contributed by atoms with E-state index >= 15 is 0 Å². The van der Waals surface area contributed by atoms with Gasteiger partial charge in [-0.05, 0) is 61.1 Å². The highest BCUT2D eigenvalue weighted by Crippen LogP contribution is 2.23. The number of ether oxygens (including phenoxy) is 1. The number of aromatic nitrogens is 1. The summed E-state index contributed by atoms with van der Waals surface area (Å²) < 4.78 is 5.31. The van der Waals surface area contributed by atoms with Crippen molar-refractivity contribution >= 4 is 35.2 Å². The molecule has 0 saturated carbocycles. The molecule has 0 bridgehead atoms. The predicted molar refractivity (Wildman–Crippen MR) is 151 cm³/mol. The summed E-state index contributed by atoms with van der Waals surface area (Å²) in [4.78, 5) is 43.5. The Bertz CT molecular complexity index is 1550. The number of aliphatic hydroxyl groups excluding tert-OH is 1. The summed E-state index contributed by atoms with van der Waals surface area (Å²) >= 11 is 6.08. The Morgan fingerprint density at radius 1 is 1.18 bits per heavy atom. The van der Waals surface area contributed by atoms with Crippen LogP contribution in [0.15, 0.2) is 75.8 Å². The molecule has 0 saturated heterocycles. The lowest BCUT2D eigenvalue weighted by molar-refractivity contribution is 0.0996. The number of pyridine rings is 1. The minimum atomic E-state index is -0.675. The van der Waals surface area contributed by atoms with Crippen LogP contribution >= 0.6 is 11.6 Å². The highest BCUT2D eigenvalue weighted by molar-refractivity contribution is 6.34. The lowest BCUT2D eigenvalue weighted by atomic mass is 10.1. The number of primary amides is 1. The van der Waals surface area contributed by atoms with Gasteiger partial charge in [0.1, 0.15) is 11.1 Å². The molecule has 0 aliphatic carbocycles. The number of methoxy groups -OCH3 is 1. The summed E-state index contributed by atoms with van der Waals surface area (Å²) in [5.41, 5.74) is 7.48. The number of nitrogens with zero attached hydrogens (tertiary/aromatic N) is 1. The molecule has 2 aromatic carbocycles. The number of H-pyrrole nitrogens is 1. The number of amides is 2. The molecule has 0 unspecified atom stereocenters. The van der Waals surface area contributed by atoms with Crippen LogP contribution in [0.3, 0.4) is 0 Å². The van der Waals surface area contributed by atoms with E-state index in [1.165, 1.54) is 36.9 Å². The molecule has 0 atom stereocenters. The lowest BCUT2D eigenvalue weighted by Crippen LogP contribution is -2.38. The number of rotatable bonds is 8. The summed E-state index contributed by atoms with van der Waals surface area (Å²) in [6.45, 7) is 2.27. The number of benzene rings is 2. The van der Waals surface area contributed by atoms with Gasteiger partial charge in [0, 0.05) is 17.4 Å². The molecule has 39 heavy (non-hydrogen) atoms. The molecule has 0 fully saturated rings. The molecular formula is C29H31ClN4O5. The number of hydrogen-bond acceptors (Lipinski definition) is 6. The van der Waals surface area contributed by atoms with Gasteiger partial charge in [-0.25, -0.2) is 0 Å². The SMILES string of the molecule is CCC1=C(OC)N=c2[nH]c(=O)c(C(=O)Nc3cc(C(N)=O)ccc3Cl)cc2=CC1.OCCCc1ccccc1. The number of aliphatic hydroxyl groups is 1. The molecule has 5 N–H and O–H groups in total. The number of hydrogen-bond donors (Lipinski definition) is 4. The Labute approximate surface area is 230 Å². The normalized spacial score (nSPS) is 12.1. The summed E-state index contributed by atoms with van der Waals surface area (Å²) in [6.07, 6.45) is 5.04. The molecule has 0 radical (unpaired) electrons. The van der Waals surface area contributed by atoms with E-state index in [9.17, 15) is 14.4 Å². The molecule has 3 aromatic rings. The van der Waals surface area contributed by atoms with Gasteiger partial charge in [-0.15, -0.1) is 0 Å². The molecule has 2 heterocycles. The van der Waals surface area contributed by atoms with Crippen LogP contribution in [0.4, 0.5) is 5.69 Å². The Kier molecular flexibility index (Phi) is 10.6. The van der Waals surface area contributed by atoms with Crippen LogP contribution in [-0.2, 0) is 11.2 Å². The van der Waals surface area contributed by atoms with E-state index < -0.39 is 17.4 Å². The molecule has 0 spiro atoms. The van der Waals surface area contributed by atoms with Crippen molar-refractivity contribution in [3.63, 3.8) is 0 Å². The fourth-order valence-corrected chi connectivity index (χ4v) is 4.00. The number of carbonyl (C=O) groups excluding carboxylic acids is 2. The summed E-state index contributed by atoms with van der Waals surface area (Å²) in [5.74, 6) is -0.888. The second kappa shape index (κ2) is 14.1. The van der Waals surface area contributed by atoms with Crippen molar-refractivity contribution in [2.24, 2.45) is 10.7 Å². The molecule has 204 valence electrons. The number of carbonyl (C=O) groups is 2. The third kappa shape index (κ3) is 7.89. The maximum Gasteiger partial charge on any atom is 0.262 e. The monoisotopic (exact) mass is 550 g/mol. The smallest absolute Gasteiger partial charge is 0.262 e. The number of halogens is 1. The van der Waals surface area contributed by atoms with Gasteiger partial charge in [-0.1, -0.05) is 54.9 Å². The van der Waals surface area contributed by atoms with Crippen LogP contribution in [0, 0.1) is 0 Å². The Morgan fingerprint density at radius 3 is 2.56 bits per heavy atom. The maximum absolute atomic E-state index is 12.7. The third-order valence-corrected chi connectivity index (χ3v) is 6.29. The topological polar surface area (TPSA) is 147 Å². The second-order valence-corrected chi connectivity index (χ2v) is 9.04. The minimum Gasteiger partial charge on any atom is -0.481 e. The van der Waals surface area contributed by atoms with Crippen molar-refractivity contribution in [2.75, 3.05) is 19.0 Å². The molecule has 1 aliphatic rings. The first-order chi connectivity index (χ1) is 18.8. The van der Waals surface area contributed by atoms with E-state index in [1.807, 2.05) is 31.2 Å². The molecule has 2 amide bonds. The van der Waals surface area contributed by atoms with Crippen molar-refractivity contribution in [3.8, 4) is 0 Å². The number of nitrogens with two attached hydrogens (primary N) is 1. The first-order valence-electron chi connectivity index (χ1n) is 12.4. The average Bonchev–Trinajstić information content (AvgIpc) is 3.11. The minimum absolute atomic E-state index is 0.116. The van der Waals surface area contributed by atoms with Crippen molar-refractivity contribution in [3.05, 3.63) is 109 Å². The van der Waals surface area contributed by atoms with Gasteiger partial charge >= 0.3 is 0 Å². The lowest BCUT2D eigenvalue weighted by Gasteiger charge is -2.08. The van der Waals surface area contributed by atoms with Crippen molar-refractivity contribution in [1.29, 1.82) is 0 Å². The fourth-order valence-electron chi connectivity index (χ4n) is 3.83. The predicted octanol–water partition coefficient (Wildman–Crippen LogP) is 3.06. The van der Waals surface area contributed by atoms with E-state index in [-0.39, 0.29) is 28.4 Å². The average molecular weight is 551 g/mol. The van der Waals surface area contributed by atoms with Gasteiger partial charge < -0.3 is 25.9 Å². The first-order valence-corrected chi connectivity index (χ1v) is 12.8. The number of allylic oxidation sites excluding steroid dienone is 1. The van der Waals surface area contributed by atoms with Gasteiger partial charge in [-0.3, -0.25) is 14.4 Å². The largest absolute Gasteiger partial charge is 0.481 e. The zero-order chi connectivity index (χ0) is 28.4. The van der Waals surface area contributed by atoms with Crippen LogP contribution in [0.25, 0.3) is 6.08 Å². The van der Waals surface area contributed by atoms with E-state index in [4.69, 9.17) is 27.2 Å². The van der Waals surface area contributed by atoms with Gasteiger partial charge in [0.25, 0.3) is 11.5 Å². The van der Waals surface area contributed by atoms with Crippen LogP contribution in [0.5, 0.6) is 0 Å². The van der Waals surface area contributed by atoms with Gasteiger partial charge in [-0.2, -0.15) is 4.99 Å². The zero-order valence-electron chi connectivity index (χ0n) is 21.8. The molecule has 4 rings (SSSR count). The number of nitrogens with one attached hydrogen (secondary N) is 2. The van der Waals surface area contributed by atoms with E-state index in [0.717, 1.165) is 24.8 Å². The maximum atomic E-state index is 12.7. The standard InChI is InChI=1S/C20H19ClN4O4.C9H12O/c1-3-10-4-5-12-8-13(19(28)24-17(12)25-20(10)29-2)18(27)23-15-9-11(16(22)26)6-7-14(15)21;10-8-4-7-9-5-2-1-3-6-9/h5-9H,3-4H2,1-2H3,(H2,22,26)(H,23,27)(H,24,25,28);1-3,5-6,10H,4,7-8H2. The van der Waals surface area contributed by atoms with E-state index in [2.05, 4.69) is 27.4 Å². The number of aryl methyl sites for hydroxylation is 1. The van der Waals surface area contributed by atoms with E-state index in [1.54, 1.807) is 0 Å². The highest BCUT2D eigenvalue weighted by Gasteiger charge is 2.16. The first kappa shape index (κ1) is 29.3. The molecular weight excluding hydrogens is 520 g/mol. The van der Waals surface area contributed by atoms with Gasteiger partial charge in [0.15, 0.2) is 0 Å². The Morgan fingerprint density at radius 2 is 1.92 bits per heavy atom.